The molecular weight excluding hydrogens is 408 g/mol. The molecule has 1 fully saturated rings. The number of pyridine rings is 1. The summed E-state index contributed by atoms with van der Waals surface area (Å²) < 4.78 is 0. The molecule has 0 unspecified atom stereocenters. The zero-order valence-electron chi connectivity index (χ0n) is 17.8. The molecule has 32 heavy (non-hydrogen) atoms. The molecule has 3 N–H and O–H groups in total. The SMILES string of the molecule is Cc1c(C#N)cnc(C(=O)Nc2ccc3n[nH]c(C=C4CCN(C(=O)O)CC4)c3c2)c1C. The van der Waals surface area contributed by atoms with E-state index < -0.39 is 6.09 Å². The highest BCUT2D eigenvalue weighted by molar-refractivity contribution is 6.05. The third-order valence-corrected chi connectivity index (χ3v) is 5.85. The van der Waals surface area contributed by atoms with Gasteiger partial charge in [0.15, 0.2) is 0 Å². The van der Waals surface area contributed by atoms with E-state index in [-0.39, 0.29) is 11.6 Å². The Kier molecular flexibility index (Phi) is 5.60. The maximum atomic E-state index is 12.8. The second kappa shape index (κ2) is 8.51. The van der Waals surface area contributed by atoms with Crippen LogP contribution in [0.1, 0.15) is 45.7 Å². The Morgan fingerprint density at radius 1 is 1.25 bits per heavy atom. The van der Waals surface area contributed by atoms with Gasteiger partial charge in [0.25, 0.3) is 5.91 Å². The number of nitrogens with zero attached hydrogens (tertiary/aromatic N) is 4. The van der Waals surface area contributed by atoms with Crippen LogP contribution in [0.25, 0.3) is 17.0 Å². The van der Waals surface area contributed by atoms with E-state index in [4.69, 9.17) is 10.4 Å². The van der Waals surface area contributed by atoms with Crippen LogP contribution >= 0.6 is 0 Å². The van der Waals surface area contributed by atoms with Gasteiger partial charge in [0.2, 0.25) is 0 Å². The molecule has 3 heterocycles. The number of likely N-dealkylation sites (tertiary alicyclic amines) is 1. The van der Waals surface area contributed by atoms with Crippen LogP contribution in [0.2, 0.25) is 0 Å². The second-order valence-electron chi connectivity index (χ2n) is 7.78. The Morgan fingerprint density at radius 3 is 2.69 bits per heavy atom. The number of fused-ring (bicyclic) bond motifs is 1. The number of aromatic amines is 1. The molecule has 3 aromatic rings. The number of carbonyl (C=O) groups is 2. The highest BCUT2D eigenvalue weighted by Gasteiger charge is 2.19. The van der Waals surface area contributed by atoms with Gasteiger partial charge >= 0.3 is 6.09 Å². The first-order valence-electron chi connectivity index (χ1n) is 10.2. The summed E-state index contributed by atoms with van der Waals surface area (Å²) >= 11 is 0. The predicted octanol–water partition coefficient (Wildman–Crippen LogP) is 3.86. The van der Waals surface area contributed by atoms with Crippen LogP contribution in [-0.4, -0.2) is 50.3 Å². The fourth-order valence-corrected chi connectivity index (χ4v) is 3.79. The molecule has 9 nitrogen and oxygen atoms in total. The summed E-state index contributed by atoms with van der Waals surface area (Å²) in [5, 5.41) is 29.3. The van der Waals surface area contributed by atoms with E-state index in [0.29, 0.717) is 42.7 Å². The standard InChI is InChI=1S/C23H22N6O3/c1-13-14(2)21(25-12-16(13)11-24)22(30)26-17-3-4-19-18(10-17)20(28-27-19)9-15-5-7-29(8-6-15)23(31)32/h3-4,9-10,12H,5-8H2,1-2H3,(H,26,30)(H,27,28)(H,31,32). The van der Waals surface area contributed by atoms with Crippen LogP contribution in [0.5, 0.6) is 0 Å². The van der Waals surface area contributed by atoms with Gasteiger partial charge in [-0.05, 0) is 62.1 Å². The minimum Gasteiger partial charge on any atom is -0.465 e. The molecule has 2 aromatic heterocycles. The molecule has 0 atom stereocenters. The van der Waals surface area contributed by atoms with E-state index >= 15 is 0 Å². The van der Waals surface area contributed by atoms with Crippen LogP contribution < -0.4 is 5.32 Å². The van der Waals surface area contributed by atoms with Crippen molar-refractivity contribution in [3.8, 4) is 6.07 Å². The summed E-state index contributed by atoms with van der Waals surface area (Å²) in [5.41, 5.74) is 5.47. The van der Waals surface area contributed by atoms with Crippen molar-refractivity contribution in [2.24, 2.45) is 0 Å². The molecule has 1 aliphatic rings. The number of hydrogen-bond donors (Lipinski definition) is 3. The highest BCUT2D eigenvalue weighted by Crippen LogP contribution is 2.26. The lowest BCUT2D eigenvalue weighted by atomic mass is 10.0. The number of nitrogens with one attached hydrogen (secondary N) is 2. The number of carboxylic acid groups (broad SMARTS) is 1. The van der Waals surface area contributed by atoms with Gasteiger partial charge in [0.05, 0.1) is 16.8 Å². The number of nitriles is 1. The monoisotopic (exact) mass is 430 g/mol. The van der Waals surface area contributed by atoms with Crippen molar-refractivity contribution in [3.63, 3.8) is 0 Å². The molecule has 4 rings (SSSR count). The number of H-pyrrole nitrogens is 1. The van der Waals surface area contributed by atoms with Gasteiger partial charge in [-0.3, -0.25) is 9.89 Å². The minimum absolute atomic E-state index is 0.279. The highest BCUT2D eigenvalue weighted by atomic mass is 16.4. The largest absolute Gasteiger partial charge is 0.465 e. The van der Waals surface area contributed by atoms with Crippen LogP contribution in [0.3, 0.4) is 0 Å². The van der Waals surface area contributed by atoms with Gasteiger partial charge in [0, 0.05) is 30.4 Å². The number of piperidine rings is 1. The summed E-state index contributed by atoms with van der Waals surface area (Å²) in [6.45, 7) is 4.53. The smallest absolute Gasteiger partial charge is 0.407 e. The van der Waals surface area contributed by atoms with E-state index in [9.17, 15) is 9.59 Å². The van der Waals surface area contributed by atoms with Crippen LogP contribution in [0.15, 0.2) is 30.0 Å². The molecule has 0 saturated carbocycles. The van der Waals surface area contributed by atoms with Crippen molar-refractivity contribution in [1.29, 1.82) is 5.26 Å². The summed E-state index contributed by atoms with van der Waals surface area (Å²) in [7, 11) is 0. The van der Waals surface area contributed by atoms with Crippen molar-refractivity contribution in [1.82, 2.24) is 20.1 Å². The summed E-state index contributed by atoms with van der Waals surface area (Å²) in [5.74, 6) is -0.348. The number of rotatable bonds is 3. The van der Waals surface area contributed by atoms with Crippen molar-refractivity contribution in [2.45, 2.75) is 26.7 Å². The van der Waals surface area contributed by atoms with Crippen molar-refractivity contribution >= 4 is 34.7 Å². The summed E-state index contributed by atoms with van der Waals surface area (Å²) in [4.78, 5) is 29.5. The zero-order valence-corrected chi connectivity index (χ0v) is 17.8. The molecule has 0 bridgehead atoms. The summed E-state index contributed by atoms with van der Waals surface area (Å²) in [6, 6.07) is 7.52. The Balaban J connectivity index is 1.56. The maximum absolute atomic E-state index is 12.8. The Labute approximate surface area is 184 Å². The van der Waals surface area contributed by atoms with E-state index in [1.807, 2.05) is 18.2 Å². The van der Waals surface area contributed by atoms with Crippen molar-refractivity contribution in [3.05, 3.63) is 58.0 Å². The number of aromatic nitrogens is 3. The van der Waals surface area contributed by atoms with Gasteiger partial charge in [-0.25, -0.2) is 9.78 Å². The van der Waals surface area contributed by atoms with E-state index in [0.717, 1.165) is 27.7 Å². The third-order valence-electron chi connectivity index (χ3n) is 5.85. The van der Waals surface area contributed by atoms with Crippen molar-refractivity contribution in [2.75, 3.05) is 18.4 Å². The number of amides is 2. The number of anilines is 1. The first-order valence-corrected chi connectivity index (χ1v) is 10.2. The first-order chi connectivity index (χ1) is 15.4. The molecule has 0 spiro atoms. The van der Waals surface area contributed by atoms with E-state index in [2.05, 4.69) is 26.6 Å². The van der Waals surface area contributed by atoms with Gasteiger partial charge < -0.3 is 15.3 Å². The number of hydrogen-bond acceptors (Lipinski definition) is 5. The van der Waals surface area contributed by atoms with E-state index in [1.165, 1.54) is 11.1 Å². The van der Waals surface area contributed by atoms with Gasteiger partial charge in [-0.1, -0.05) is 5.57 Å². The molecule has 1 aliphatic heterocycles. The molecule has 1 saturated heterocycles. The maximum Gasteiger partial charge on any atom is 0.407 e. The van der Waals surface area contributed by atoms with Crippen LogP contribution in [-0.2, 0) is 0 Å². The van der Waals surface area contributed by atoms with Crippen molar-refractivity contribution < 1.29 is 14.7 Å². The normalized spacial score (nSPS) is 13.7. The molecular formula is C23H22N6O3. The van der Waals surface area contributed by atoms with Crippen LogP contribution in [0.4, 0.5) is 10.5 Å². The number of carbonyl (C=O) groups excluding carboxylic acids is 1. The van der Waals surface area contributed by atoms with Gasteiger partial charge in [-0.2, -0.15) is 10.4 Å². The predicted molar refractivity (Wildman–Crippen MR) is 119 cm³/mol. The fourth-order valence-electron chi connectivity index (χ4n) is 3.79. The molecule has 2 amide bonds. The number of benzene rings is 1. The van der Waals surface area contributed by atoms with Gasteiger partial charge in [0.1, 0.15) is 11.8 Å². The molecule has 0 radical (unpaired) electrons. The first kappa shape index (κ1) is 21.1. The molecule has 0 aliphatic carbocycles. The van der Waals surface area contributed by atoms with Crippen LogP contribution in [0, 0.1) is 25.2 Å². The Morgan fingerprint density at radius 2 is 2.00 bits per heavy atom. The Bertz CT molecular complexity index is 1290. The third kappa shape index (κ3) is 4.03. The average Bonchev–Trinajstić information content (AvgIpc) is 3.18. The Hall–Kier alpha value is -4.19. The quantitative estimate of drug-likeness (QED) is 0.577. The molecule has 1 aromatic carbocycles. The lowest BCUT2D eigenvalue weighted by Crippen LogP contribution is -2.35. The lowest BCUT2D eigenvalue weighted by molar-refractivity contribution is 0.102. The second-order valence-corrected chi connectivity index (χ2v) is 7.78. The molecule has 162 valence electrons. The van der Waals surface area contributed by atoms with Gasteiger partial charge in [-0.15, -0.1) is 0 Å². The lowest BCUT2D eigenvalue weighted by Gasteiger charge is -2.25. The molecule has 9 heteroatoms. The summed E-state index contributed by atoms with van der Waals surface area (Å²) in [6.07, 6.45) is 3.88. The topological polar surface area (TPSA) is 135 Å². The zero-order chi connectivity index (χ0) is 22.8. The average molecular weight is 430 g/mol. The van der Waals surface area contributed by atoms with E-state index in [1.54, 1.807) is 19.9 Å². The minimum atomic E-state index is -0.890. The fraction of sp³-hybridized carbons (Fsp3) is 0.261.